The summed E-state index contributed by atoms with van der Waals surface area (Å²) in [5.74, 6) is 0. The van der Waals surface area contributed by atoms with Gasteiger partial charge in [0, 0.05) is 29.3 Å². The summed E-state index contributed by atoms with van der Waals surface area (Å²) in [6.45, 7) is 0.759. The number of aliphatic hydroxyl groups is 1. The standard InChI is InChI=1S/C16H16BrN3O5S/c17-11-1-3-12(4-2-11)18-26(24,25)14-5-6-15(16(9-14)20(22)23)19-8-7-13(21)10-19/h1-6,9,13,18,21H,7-8,10H2/t13-/m0/s1. The third kappa shape index (κ3) is 3.97. The maximum Gasteiger partial charge on any atom is 0.293 e. The summed E-state index contributed by atoms with van der Waals surface area (Å²) in [4.78, 5) is 12.3. The number of benzene rings is 2. The van der Waals surface area contributed by atoms with E-state index in [-0.39, 0.29) is 17.1 Å². The maximum atomic E-state index is 12.5. The molecule has 0 radical (unpaired) electrons. The van der Waals surface area contributed by atoms with Crippen molar-refractivity contribution in [2.45, 2.75) is 17.4 Å². The first-order valence-electron chi connectivity index (χ1n) is 7.76. The highest BCUT2D eigenvalue weighted by Crippen LogP contribution is 2.33. The van der Waals surface area contributed by atoms with Crippen molar-refractivity contribution in [2.24, 2.45) is 0 Å². The number of nitro groups is 1. The Bertz CT molecular complexity index is 933. The summed E-state index contributed by atoms with van der Waals surface area (Å²) in [5, 5.41) is 21.1. The monoisotopic (exact) mass is 441 g/mol. The van der Waals surface area contributed by atoms with Gasteiger partial charge in [0.2, 0.25) is 0 Å². The minimum atomic E-state index is -3.97. The van der Waals surface area contributed by atoms with Gasteiger partial charge in [-0.15, -0.1) is 0 Å². The predicted octanol–water partition coefficient (Wildman–Crippen LogP) is 2.73. The van der Waals surface area contributed by atoms with E-state index >= 15 is 0 Å². The van der Waals surface area contributed by atoms with Gasteiger partial charge in [-0.25, -0.2) is 8.42 Å². The van der Waals surface area contributed by atoms with Crippen molar-refractivity contribution >= 4 is 43.0 Å². The van der Waals surface area contributed by atoms with Crippen molar-refractivity contribution in [1.82, 2.24) is 0 Å². The summed E-state index contributed by atoms with van der Waals surface area (Å²) in [6.07, 6.45) is -0.0282. The predicted molar refractivity (Wildman–Crippen MR) is 101 cm³/mol. The average Bonchev–Trinajstić information content (AvgIpc) is 3.02. The van der Waals surface area contributed by atoms with Crippen molar-refractivity contribution in [3.8, 4) is 0 Å². The van der Waals surface area contributed by atoms with Crippen molar-refractivity contribution < 1.29 is 18.4 Å². The lowest BCUT2D eigenvalue weighted by Crippen LogP contribution is -2.22. The van der Waals surface area contributed by atoms with Crippen LogP contribution < -0.4 is 9.62 Å². The quantitative estimate of drug-likeness (QED) is 0.544. The Labute approximate surface area is 158 Å². The van der Waals surface area contributed by atoms with E-state index in [2.05, 4.69) is 20.7 Å². The van der Waals surface area contributed by atoms with Crippen LogP contribution in [0.5, 0.6) is 0 Å². The third-order valence-corrected chi connectivity index (χ3v) is 5.96. The van der Waals surface area contributed by atoms with Gasteiger partial charge in [-0.2, -0.15) is 0 Å². The molecule has 0 aliphatic carbocycles. The molecule has 0 amide bonds. The van der Waals surface area contributed by atoms with Crippen LogP contribution in [0.3, 0.4) is 0 Å². The van der Waals surface area contributed by atoms with Gasteiger partial charge in [-0.05, 0) is 42.8 Å². The number of hydrogen-bond acceptors (Lipinski definition) is 6. The first-order valence-corrected chi connectivity index (χ1v) is 10.0. The fourth-order valence-electron chi connectivity index (χ4n) is 2.78. The Hall–Kier alpha value is -2.17. The number of hydrogen-bond donors (Lipinski definition) is 2. The van der Waals surface area contributed by atoms with Crippen LogP contribution in [0, 0.1) is 10.1 Å². The molecule has 0 spiro atoms. The molecular weight excluding hydrogens is 426 g/mol. The van der Waals surface area contributed by atoms with E-state index in [1.165, 1.54) is 12.1 Å². The molecule has 1 aliphatic rings. The number of β-amino-alcohol motifs (C(OH)–C–C–N with tert-alkyl or cyclic N) is 1. The fraction of sp³-hybridized carbons (Fsp3) is 0.250. The molecule has 26 heavy (non-hydrogen) atoms. The molecule has 10 heteroatoms. The highest BCUT2D eigenvalue weighted by atomic mass is 79.9. The molecule has 1 saturated heterocycles. The van der Waals surface area contributed by atoms with Gasteiger partial charge in [0.05, 0.1) is 15.9 Å². The molecule has 2 aromatic rings. The van der Waals surface area contributed by atoms with E-state index in [0.717, 1.165) is 10.5 Å². The molecule has 0 saturated carbocycles. The van der Waals surface area contributed by atoms with Gasteiger partial charge in [0.1, 0.15) is 5.69 Å². The molecule has 0 aromatic heterocycles. The van der Waals surface area contributed by atoms with E-state index in [4.69, 9.17) is 0 Å². The molecule has 1 heterocycles. The molecule has 2 N–H and O–H groups in total. The summed E-state index contributed by atoms with van der Waals surface area (Å²) in [5.41, 5.74) is 0.342. The normalized spacial score (nSPS) is 17.3. The topological polar surface area (TPSA) is 113 Å². The zero-order chi connectivity index (χ0) is 18.9. The van der Waals surface area contributed by atoms with Crippen LogP contribution in [0.15, 0.2) is 51.8 Å². The number of sulfonamides is 1. The van der Waals surface area contributed by atoms with Crippen molar-refractivity contribution in [1.29, 1.82) is 0 Å². The number of halogens is 1. The number of nitrogens with zero attached hydrogens (tertiary/aromatic N) is 2. The number of rotatable bonds is 5. The summed E-state index contributed by atoms with van der Waals surface area (Å²) in [7, 11) is -3.97. The van der Waals surface area contributed by atoms with Gasteiger partial charge >= 0.3 is 0 Å². The van der Waals surface area contributed by atoms with Crippen molar-refractivity contribution in [2.75, 3.05) is 22.7 Å². The first kappa shape index (κ1) is 18.6. The largest absolute Gasteiger partial charge is 0.391 e. The molecule has 1 aliphatic heterocycles. The van der Waals surface area contributed by atoms with Crippen molar-refractivity contribution in [3.05, 3.63) is 57.1 Å². The van der Waals surface area contributed by atoms with Crippen molar-refractivity contribution in [3.63, 3.8) is 0 Å². The molecule has 138 valence electrons. The first-order chi connectivity index (χ1) is 12.3. The van der Waals surface area contributed by atoms with E-state index in [0.29, 0.717) is 24.3 Å². The zero-order valence-electron chi connectivity index (χ0n) is 13.5. The van der Waals surface area contributed by atoms with Crippen LogP contribution in [-0.4, -0.2) is 37.6 Å². The number of anilines is 2. The molecule has 0 bridgehead atoms. The van der Waals surface area contributed by atoms with Gasteiger partial charge in [-0.1, -0.05) is 15.9 Å². The Kier molecular flexibility index (Phi) is 5.17. The highest BCUT2D eigenvalue weighted by molar-refractivity contribution is 9.10. The summed E-state index contributed by atoms with van der Waals surface area (Å²) in [6, 6.07) is 10.3. The number of aliphatic hydroxyl groups excluding tert-OH is 1. The maximum absolute atomic E-state index is 12.5. The molecule has 3 rings (SSSR count). The molecular formula is C16H16BrN3O5S. The second-order valence-corrected chi connectivity index (χ2v) is 8.51. The van der Waals surface area contributed by atoms with E-state index in [1.807, 2.05) is 0 Å². The van der Waals surface area contributed by atoms with E-state index in [1.54, 1.807) is 29.2 Å². The number of nitrogens with one attached hydrogen (secondary N) is 1. The lowest BCUT2D eigenvalue weighted by atomic mass is 10.2. The number of nitro benzene ring substituents is 1. The lowest BCUT2D eigenvalue weighted by Gasteiger charge is -2.18. The Morgan fingerprint density at radius 1 is 1.23 bits per heavy atom. The van der Waals surface area contributed by atoms with Crippen LogP contribution in [-0.2, 0) is 10.0 Å². The average molecular weight is 442 g/mol. The Morgan fingerprint density at radius 3 is 2.50 bits per heavy atom. The van der Waals surface area contributed by atoms with Crippen LogP contribution in [0.1, 0.15) is 6.42 Å². The molecule has 8 nitrogen and oxygen atoms in total. The second-order valence-electron chi connectivity index (χ2n) is 5.91. The lowest BCUT2D eigenvalue weighted by molar-refractivity contribution is -0.384. The fourth-order valence-corrected chi connectivity index (χ4v) is 4.12. The second kappa shape index (κ2) is 7.22. The SMILES string of the molecule is O=[N+]([O-])c1cc(S(=O)(=O)Nc2ccc(Br)cc2)ccc1N1CC[C@H](O)C1. The Balaban J connectivity index is 1.93. The Morgan fingerprint density at radius 2 is 1.92 bits per heavy atom. The minimum absolute atomic E-state index is 0.199. The molecule has 1 fully saturated rings. The molecule has 0 unspecified atom stereocenters. The van der Waals surface area contributed by atoms with Gasteiger partial charge in [-0.3, -0.25) is 14.8 Å². The van der Waals surface area contributed by atoms with Crippen LogP contribution in [0.4, 0.5) is 17.1 Å². The van der Waals surface area contributed by atoms with Crippen LogP contribution in [0.2, 0.25) is 0 Å². The molecule has 1 atom stereocenters. The zero-order valence-corrected chi connectivity index (χ0v) is 15.9. The van der Waals surface area contributed by atoms with Gasteiger partial charge < -0.3 is 10.0 Å². The van der Waals surface area contributed by atoms with E-state index < -0.39 is 21.1 Å². The smallest absolute Gasteiger partial charge is 0.293 e. The highest BCUT2D eigenvalue weighted by Gasteiger charge is 2.28. The van der Waals surface area contributed by atoms with Gasteiger partial charge in [0.25, 0.3) is 15.7 Å². The van der Waals surface area contributed by atoms with Gasteiger partial charge in [0.15, 0.2) is 0 Å². The minimum Gasteiger partial charge on any atom is -0.391 e. The third-order valence-electron chi connectivity index (χ3n) is 4.05. The summed E-state index contributed by atoms with van der Waals surface area (Å²) < 4.78 is 28.3. The van der Waals surface area contributed by atoms with Crippen LogP contribution >= 0.6 is 15.9 Å². The van der Waals surface area contributed by atoms with Crippen LogP contribution in [0.25, 0.3) is 0 Å². The summed E-state index contributed by atoms with van der Waals surface area (Å²) >= 11 is 3.27. The van der Waals surface area contributed by atoms with E-state index in [9.17, 15) is 23.6 Å². The molecule has 2 aromatic carbocycles.